The van der Waals surface area contributed by atoms with Gasteiger partial charge in [0.05, 0.1) is 5.57 Å². The highest BCUT2D eigenvalue weighted by Crippen LogP contribution is 2.44. The number of ether oxygens (including phenoxy) is 1. The van der Waals surface area contributed by atoms with Gasteiger partial charge in [0, 0.05) is 18.7 Å². The van der Waals surface area contributed by atoms with Crippen LogP contribution >= 0.6 is 0 Å². The molecule has 1 saturated heterocycles. The summed E-state index contributed by atoms with van der Waals surface area (Å²) in [6.07, 6.45) is 6.96. The lowest BCUT2D eigenvalue weighted by atomic mass is 9.78. The minimum absolute atomic E-state index is 0.0483. The van der Waals surface area contributed by atoms with E-state index in [9.17, 15) is 9.59 Å². The van der Waals surface area contributed by atoms with Gasteiger partial charge < -0.3 is 9.64 Å². The van der Waals surface area contributed by atoms with Crippen LogP contribution in [0.3, 0.4) is 0 Å². The minimum atomic E-state index is -0.612. The van der Waals surface area contributed by atoms with Crippen molar-refractivity contribution in [2.24, 2.45) is 5.92 Å². The van der Waals surface area contributed by atoms with Crippen molar-refractivity contribution in [1.82, 2.24) is 4.90 Å². The molecule has 0 bridgehead atoms. The third-order valence-electron chi connectivity index (χ3n) is 5.37. The molecule has 2 aliphatic heterocycles. The molecule has 21 heavy (non-hydrogen) atoms. The largest absolute Gasteiger partial charge is 0.451 e. The smallest absolute Gasteiger partial charge is 0.335 e. The molecule has 2 heterocycles. The van der Waals surface area contributed by atoms with E-state index in [0.29, 0.717) is 17.1 Å². The lowest BCUT2D eigenvalue weighted by molar-refractivity contribution is -0.150. The number of carbonyl (C=O) groups excluding carboxylic acids is 2. The Hall–Kier alpha value is -1.32. The summed E-state index contributed by atoms with van der Waals surface area (Å²) in [7, 11) is 0. The zero-order valence-corrected chi connectivity index (χ0v) is 13.1. The van der Waals surface area contributed by atoms with Crippen LogP contribution in [0.2, 0.25) is 0 Å². The Morgan fingerprint density at radius 3 is 2.43 bits per heavy atom. The number of amides is 1. The van der Waals surface area contributed by atoms with Gasteiger partial charge >= 0.3 is 5.97 Å². The van der Waals surface area contributed by atoms with Crippen molar-refractivity contribution in [3.8, 4) is 0 Å². The third kappa shape index (κ3) is 2.49. The normalized spacial score (nSPS) is 26.4. The number of hydrogen-bond donors (Lipinski definition) is 0. The summed E-state index contributed by atoms with van der Waals surface area (Å²) in [6, 6.07) is 0. The average molecular weight is 291 g/mol. The van der Waals surface area contributed by atoms with Crippen LogP contribution in [0.4, 0.5) is 0 Å². The molecule has 0 radical (unpaired) electrons. The lowest BCUT2D eigenvalue weighted by Gasteiger charge is -2.37. The molecule has 0 unspecified atom stereocenters. The number of rotatable bonds is 1. The lowest BCUT2D eigenvalue weighted by Crippen LogP contribution is -2.45. The molecule has 1 spiro atoms. The van der Waals surface area contributed by atoms with Gasteiger partial charge in [0.15, 0.2) is 0 Å². The van der Waals surface area contributed by atoms with Gasteiger partial charge in [0.1, 0.15) is 5.60 Å². The van der Waals surface area contributed by atoms with Crippen molar-refractivity contribution in [2.45, 2.75) is 64.4 Å². The number of esters is 1. The van der Waals surface area contributed by atoms with Crippen LogP contribution in [0.5, 0.6) is 0 Å². The zero-order chi connectivity index (χ0) is 15.0. The maximum atomic E-state index is 13.0. The first-order chi connectivity index (χ1) is 10.0. The second kappa shape index (κ2) is 5.47. The van der Waals surface area contributed by atoms with Crippen LogP contribution in [0.1, 0.15) is 58.8 Å². The first-order valence-electron chi connectivity index (χ1n) is 8.27. The molecule has 4 heteroatoms. The Balaban J connectivity index is 1.86. The van der Waals surface area contributed by atoms with Crippen molar-refractivity contribution in [2.75, 3.05) is 13.1 Å². The topological polar surface area (TPSA) is 46.6 Å². The third-order valence-corrected chi connectivity index (χ3v) is 5.37. The van der Waals surface area contributed by atoms with Crippen LogP contribution in [0.25, 0.3) is 0 Å². The monoisotopic (exact) mass is 291 g/mol. The molecule has 3 rings (SSSR count). The van der Waals surface area contributed by atoms with Gasteiger partial charge in [-0.05, 0) is 51.4 Å². The van der Waals surface area contributed by atoms with Gasteiger partial charge in [0.2, 0.25) is 0 Å². The van der Waals surface area contributed by atoms with E-state index in [2.05, 4.69) is 6.92 Å². The Morgan fingerprint density at radius 1 is 1.19 bits per heavy atom. The Morgan fingerprint density at radius 2 is 1.81 bits per heavy atom. The summed E-state index contributed by atoms with van der Waals surface area (Å²) in [5.74, 6) is 0.451. The van der Waals surface area contributed by atoms with Gasteiger partial charge in [-0.3, -0.25) is 4.79 Å². The van der Waals surface area contributed by atoms with Crippen LogP contribution in [-0.4, -0.2) is 35.5 Å². The Bertz CT molecular complexity index is 480. The highest BCUT2D eigenvalue weighted by molar-refractivity contribution is 6.07. The van der Waals surface area contributed by atoms with Gasteiger partial charge in [-0.2, -0.15) is 0 Å². The SMILES string of the molecule is CC1=C(C(=O)N2CCC(C)CC2)C2(CCCCC2)OC1=O. The summed E-state index contributed by atoms with van der Waals surface area (Å²) in [6.45, 7) is 5.60. The first kappa shape index (κ1) is 14.6. The minimum Gasteiger partial charge on any atom is -0.451 e. The standard InChI is InChI=1S/C17H25NO3/c1-12-6-10-18(11-7-12)15(19)14-13(2)16(20)21-17(14)8-4-3-5-9-17/h12H,3-11H2,1-2H3. The number of carbonyl (C=O) groups is 2. The average Bonchev–Trinajstić information content (AvgIpc) is 2.71. The van der Waals surface area contributed by atoms with Crippen molar-refractivity contribution >= 4 is 11.9 Å². The molecule has 2 fully saturated rings. The predicted molar refractivity (Wildman–Crippen MR) is 79.6 cm³/mol. The summed E-state index contributed by atoms with van der Waals surface area (Å²) in [5.41, 5.74) is 0.599. The van der Waals surface area contributed by atoms with E-state index in [1.54, 1.807) is 6.92 Å². The second-order valence-corrected chi connectivity index (χ2v) is 6.92. The fourth-order valence-electron chi connectivity index (χ4n) is 3.95. The summed E-state index contributed by atoms with van der Waals surface area (Å²) in [5, 5.41) is 0. The number of nitrogens with zero attached hydrogens (tertiary/aromatic N) is 1. The van der Waals surface area contributed by atoms with Crippen molar-refractivity contribution in [1.29, 1.82) is 0 Å². The van der Waals surface area contributed by atoms with E-state index < -0.39 is 5.60 Å². The maximum Gasteiger partial charge on any atom is 0.335 e. The molecule has 116 valence electrons. The molecular formula is C17H25NO3. The van der Waals surface area contributed by atoms with E-state index in [-0.39, 0.29) is 11.9 Å². The molecule has 4 nitrogen and oxygen atoms in total. The van der Waals surface area contributed by atoms with Gasteiger partial charge in [-0.1, -0.05) is 13.3 Å². The van der Waals surface area contributed by atoms with E-state index >= 15 is 0 Å². The molecule has 0 aromatic heterocycles. The van der Waals surface area contributed by atoms with E-state index in [0.717, 1.165) is 51.6 Å². The van der Waals surface area contributed by atoms with Gasteiger partial charge in [-0.15, -0.1) is 0 Å². The number of likely N-dealkylation sites (tertiary alicyclic amines) is 1. The van der Waals surface area contributed by atoms with E-state index in [1.807, 2.05) is 4.90 Å². The molecule has 0 N–H and O–H groups in total. The highest BCUT2D eigenvalue weighted by Gasteiger charge is 2.50. The highest BCUT2D eigenvalue weighted by atomic mass is 16.6. The molecule has 0 aromatic carbocycles. The fourth-order valence-corrected chi connectivity index (χ4v) is 3.95. The van der Waals surface area contributed by atoms with Crippen molar-refractivity contribution in [3.05, 3.63) is 11.1 Å². The number of hydrogen-bond acceptors (Lipinski definition) is 3. The summed E-state index contributed by atoms with van der Waals surface area (Å²) < 4.78 is 5.69. The Labute approximate surface area is 126 Å². The molecule has 0 atom stereocenters. The quantitative estimate of drug-likeness (QED) is 0.698. The van der Waals surface area contributed by atoms with Crippen LogP contribution in [-0.2, 0) is 14.3 Å². The fraction of sp³-hybridized carbons (Fsp3) is 0.765. The molecule has 0 aromatic rings. The molecular weight excluding hydrogens is 266 g/mol. The van der Waals surface area contributed by atoms with E-state index in [4.69, 9.17) is 4.74 Å². The van der Waals surface area contributed by atoms with Crippen LogP contribution in [0.15, 0.2) is 11.1 Å². The summed E-state index contributed by atoms with van der Waals surface area (Å²) in [4.78, 5) is 26.9. The van der Waals surface area contributed by atoms with Crippen molar-refractivity contribution < 1.29 is 14.3 Å². The molecule has 1 saturated carbocycles. The number of piperidine rings is 1. The maximum absolute atomic E-state index is 13.0. The molecule has 1 amide bonds. The van der Waals surface area contributed by atoms with Gasteiger partial charge in [-0.25, -0.2) is 4.79 Å². The zero-order valence-electron chi connectivity index (χ0n) is 13.1. The summed E-state index contributed by atoms with van der Waals surface area (Å²) >= 11 is 0. The molecule has 3 aliphatic rings. The van der Waals surface area contributed by atoms with Crippen LogP contribution in [0, 0.1) is 5.92 Å². The molecule has 1 aliphatic carbocycles. The van der Waals surface area contributed by atoms with E-state index in [1.165, 1.54) is 6.42 Å². The second-order valence-electron chi connectivity index (χ2n) is 6.92. The predicted octanol–water partition coefficient (Wildman–Crippen LogP) is 2.82. The van der Waals surface area contributed by atoms with Gasteiger partial charge in [0.25, 0.3) is 5.91 Å². The Kier molecular flexibility index (Phi) is 3.80. The van der Waals surface area contributed by atoms with Crippen molar-refractivity contribution in [3.63, 3.8) is 0 Å². The first-order valence-corrected chi connectivity index (χ1v) is 8.27. The van der Waals surface area contributed by atoms with Crippen LogP contribution < -0.4 is 0 Å².